The SMILES string of the molecule is CCOC(=O)N/N=C(/C)c1ccc(NC(=O)c2ccc(Cl)cc2Cl)cc1. The monoisotopic (exact) mass is 393 g/mol. The van der Waals surface area contributed by atoms with E-state index in [9.17, 15) is 9.59 Å². The zero-order valence-corrected chi connectivity index (χ0v) is 15.7. The number of nitrogens with one attached hydrogen (secondary N) is 2. The second kappa shape index (κ2) is 9.22. The minimum atomic E-state index is -0.615. The average molecular weight is 394 g/mol. The fraction of sp³-hybridized carbons (Fsp3) is 0.167. The first kappa shape index (κ1) is 19.8. The van der Waals surface area contributed by atoms with E-state index in [-0.39, 0.29) is 17.5 Å². The summed E-state index contributed by atoms with van der Waals surface area (Å²) in [5, 5.41) is 7.44. The number of amides is 2. The normalized spacial score (nSPS) is 11.0. The first-order valence-electron chi connectivity index (χ1n) is 7.74. The van der Waals surface area contributed by atoms with Crippen LogP contribution in [0, 0.1) is 0 Å². The van der Waals surface area contributed by atoms with E-state index >= 15 is 0 Å². The Labute approximate surface area is 161 Å². The fourth-order valence-corrected chi connectivity index (χ4v) is 2.52. The number of nitrogens with zero attached hydrogens (tertiary/aromatic N) is 1. The summed E-state index contributed by atoms with van der Waals surface area (Å²) in [4.78, 5) is 23.5. The molecule has 0 radical (unpaired) electrons. The van der Waals surface area contributed by atoms with Gasteiger partial charge in [0.15, 0.2) is 0 Å². The van der Waals surface area contributed by atoms with Crippen molar-refractivity contribution in [2.45, 2.75) is 13.8 Å². The van der Waals surface area contributed by atoms with Gasteiger partial charge in [0.2, 0.25) is 0 Å². The molecule has 2 aromatic rings. The number of hydrazone groups is 1. The van der Waals surface area contributed by atoms with Crippen LogP contribution in [0.2, 0.25) is 10.0 Å². The number of benzene rings is 2. The molecule has 2 N–H and O–H groups in total. The molecule has 8 heteroatoms. The lowest BCUT2D eigenvalue weighted by Gasteiger charge is -2.08. The van der Waals surface area contributed by atoms with E-state index < -0.39 is 6.09 Å². The predicted molar refractivity (Wildman–Crippen MR) is 103 cm³/mol. The van der Waals surface area contributed by atoms with Gasteiger partial charge in [0.1, 0.15) is 0 Å². The maximum absolute atomic E-state index is 12.3. The number of halogens is 2. The van der Waals surface area contributed by atoms with E-state index in [0.717, 1.165) is 5.56 Å². The van der Waals surface area contributed by atoms with Gasteiger partial charge in [-0.3, -0.25) is 4.79 Å². The minimum Gasteiger partial charge on any atom is -0.449 e. The van der Waals surface area contributed by atoms with E-state index in [2.05, 4.69) is 15.8 Å². The third kappa shape index (κ3) is 5.47. The first-order chi connectivity index (χ1) is 12.4. The molecule has 0 unspecified atom stereocenters. The van der Waals surface area contributed by atoms with Crippen molar-refractivity contribution >= 4 is 46.6 Å². The van der Waals surface area contributed by atoms with Crippen LogP contribution in [-0.2, 0) is 4.74 Å². The van der Waals surface area contributed by atoms with Crippen LogP contribution in [0.15, 0.2) is 47.6 Å². The van der Waals surface area contributed by atoms with Crippen molar-refractivity contribution in [2.24, 2.45) is 5.10 Å². The molecule has 0 fully saturated rings. The number of ether oxygens (including phenoxy) is 1. The van der Waals surface area contributed by atoms with Crippen LogP contribution in [0.5, 0.6) is 0 Å². The van der Waals surface area contributed by atoms with Crippen molar-refractivity contribution in [1.82, 2.24) is 5.43 Å². The van der Waals surface area contributed by atoms with E-state index in [1.807, 2.05) is 0 Å². The van der Waals surface area contributed by atoms with Gasteiger partial charge < -0.3 is 10.1 Å². The van der Waals surface area contributed by atoms with Gasteiger partial charge >= 0.3 is 6.09 Å². The van der Waals surface area contributed by atoms with Crippen LogP contribution in [0.4, 0.5) is 10.5 Å². The van der Waals surface area contributed by atoms with Gasteiger partial charge in [-0.25, -0.2) is 10.2 Å². The van der Waals surface area contributed by atoms with Crippen molar-refractivity contribution in [3.63, 3.8) is 0 Å². The molecule has 2 aromatic carbocycles. The summed E-state index contributed by atoms with van der Waals surface area (Å²) in [6.07, 6.45) is -0.615. The Kier molecular flexibility index (Phi) is 7.00. The molecular weight excluding hydrogens is 377 g/mol. The Hall–Kier alpha value is -2.57. The molecule has 0 saturated heterocycles. The first-order valence-corrected chi connectivity index (χ1v) is 8.50. The average Bonchev–Trinajstić information content (AvgIpc) is 2.60. The topological polar surface area (TPSA) is 79.8 Å². The Morgan fingerprint density at radius 1 is 1.12 bits per heavy atom. The van der Waals surface area contributed by atoms with E-state index in [0.29, 0.717) is 22.0 Å². The van der Waals surface area contributed by atoms with E-state index in [1.165, 1.54) is 6.07 Å². The third-order valence-corrected chi connectivity index (χ3v) is 3.87. The van der Waals surface area contributed by atoms with Crippen LogP contribution in [0.25, 0.3) is 0 Å². The third-order valence-electron chi connectivity index (χ3n) is 3.33. The molecule has 0 spiro atoms. The van der Waals surface area contributed by atoms with Crippen molar-refractivity contribution < 1.29 is 14.3 Å². The summed E-state index contributed by atoms with van der Waals surface area (Å²) in [6, 6.07) is 11.7. The molecular formula is C18H17Cl2N3O3. The lowest BCUT2D eigenvalue weighted by Crippen LogP contribution is -2.20. The van der Waals surface area contributed by atoms with Crippen molar-refractivity contribution in [3.8, 4) is 0 Å². The molecule has 0 aliphatic heterocycles. The van der Waals surface area contributed by atoms with E-state index in [1.54, 1.807) is 50.2 Å². The quantitative estimate of drug-likeness (QED) is 0.569. The maximum atomic E-state index is 12.3. The summed E-state index contributed by atoms with van der Waals surface area (Å²) < 4.78 is 4.73. The highest BCUT2D eigenvalue weighted by Crippen LogP contribution is 2.22. The zero-order chi connectivity index (χ0) is 19.1. The van der Waals surface area contributed by atoms with Gasteiger partial charge in [0.25, 0.3) is 5.91 Å². The largest absolute Gasteiger partial charge is 0.449 e. The lowest BCUT2D eigenvalue weighted by atomic mass is 10.1. The molecule has 0 atom stereocenters. The maximum Gasteiger partial charge on any atom is 0.427 e. The molecule has 26 heavy (non-hydrogen) atoms. The molecule has 0 aromatic heterocycles. The molecule has 0 heterocycles. The zero-order valence-electron chi connectivity index (χ0n) is 14.2. The van der Waals surface area contributed by atoms with Gasteiger partial charge in [0.05, 0.1) is 22.9 Å². The molecule has 136 valence electrons. The van der Waals surface area contributed by atoms with Crippen LogP contribution >= 0.6 is 23.2 Å². The minimum absolute atomic E-state index is 0.270. The van der Waals surface area contributed by atoms with Gasteiger partial charge in [-0.1, -0.05) is 35.3 Å². The Balaban J connectivity index is 2.03. The van der Waals surface area contributed by atoms with Crippen molar-refractivity contribution in [1.29, 1.82) is 0 Å². The molecule has 6 nitrogen and oxygen atoms in total. The van der Waals surface area contributed by atoms with Gasteiger partial charge in [0, 0.05) is 10.7 Å². The highest BCUT2D eigenvalue weighted by molar-refractivity contribution is 6.37. The Morgan fingerprint density at radius 3 is 2.42 bits per heavy atom. The summed E-state index contributed by atoms with van der Waals surface area (Å²) in [5.74, 6) is -0.339. The highest BCUT2D eigenvalue weighted by Gasteiger charge is 2.11. The smallest absolute Gasteiger partial charge is 0.427 e. The van der Waals surface area contributed by atoms with Crippen molar-refractivity contribution in [2.75, 3.05) is 11.9 Å². The molecule has 0 aliphatic carbocycles. The van der Waals surface area contributed by atoms with Gasteiger partial charge in [-0.2, -0.15) is 5.10 Å². The van der Waals surface area contributed by atoms with Gasteiger partial charge in [-0.05, 0) is 49.7 Å². The second-order valence-corrected chi connectivity index (χ2v) is 6.03. The fourth-order valence-electron chi connectivity index (χ4n) is 2.02. The molecule has 0 bridgehead atoms. The van der Waals surface area contributed by atoms with Crippen LogP contribution in [-0.4, -0.2) is 24.3 Å². The number of carbonyl (C=O) groups excluding carboxylic acids is 2. The van der Waals surface area contributed by atoms with Crippen LogP contribution in [0.3, 0.4) is 0 Å². The Bertz CT molecular complexity index is 836. The molecule has 0 aliphatic rings. The summed E-state index contributed by atoms with van der Waals surface area (Å²) >= 11 is 11.9. The Morgan fingerprint density at radius 2 is 1.81 bits per heavy atom. The number of hydrogen-bond donors (Lipinski definition) is 2. The van der Waals surface area contributed by atoms with Crippen LogP contribution in [0.1, 0.15) is 29.8 Å². The number of rotatable bonds is 5. The lowest BCUT2D eigenvalue weighted by molar-refractivity contribution is 0.102. The predicted octanol–water partition coefficient (Wildman–Crippen LogP) is 4.72. The number of carbonyl (C=O) groups is 2. The van der Waals surface area contributed by atoms with E-state index in [4.69, 9.17) is 27.9 Å². The van der Waals surface area contributed by atoms with Crippen molar-refractivity contribution in [3.05, 3.63) is 63.6 Å². The molecule has 2 rings (SSSR count). The molecule has 2 amide bonds. The standard InChI is InChI=1S/C18H17Cl2N3O3/c1-3-26-18(25)23-22-11(2)12-4-7-14(8-5-12)21-17(24)15-9-6-13(19)10-16(15)20/h4-10H,3H2,1-2H3,(H,21,24)(H,23,25)/b22-11-. The summed E-state index contributed by atoms with van der Waals surface area (Å²) in [7, 11) is 0. The number of hydrogen-bond acceptors (Lipinski definition) is 4. The number of anilines is 1. The molecule has 0 saturated carbocycles. The van der Waals surface area contributed by atoms with Crippen LogP contribution < -0.4 is 10.7 Å². The highest BCUT2D eigenvalue weighted by atomic mass is 35.5. The summed E-state index contributed by atoms with van der Waals surface area (Å²) in [6.45, 7) is 3.72. The summed E-state index contributed by atoms with van der Waals surface area (Å²) in [5.41, 5.74) is 4.59. The van der Waals surface area contributed by atoms with Gasteiger partial charge in [-0.15, -0.1) is 0 Å². The second-order valence-electron chi connectivity index (χ2n) is 5.19.